The Balaban J connectivity index is 1.43. The maximum absolute atomic E-state index is 12.8. The van der Waals surface area contributed by atoms with E-state index in [1.807, 2.05) is 0 Å². The van der Waals surface area contributed by atoms with Crippen molar-refractivity contribution in [3.05, 3.63) is 78.3 Å². The van der Waals surface area contributed by atoms with Crippen molar-refractivity contribution in [2.45, 2.75) is 16.3 Å². The maximum atomic E-state index is 12.8. The zero-order valence-electron chi connectivity index (χ0n) is 18.0. The normalized spacial score (nSPS) is 15.2. The van der Waals surface area contributed by atoms with Gasteiger partial charge in [-0.1, -0.05) is 6.07 Å². The van der Waals surface area contributed by atoms with Gasteiger partial charge in [-0.3, -0.25) is 4.79 Å². The number of ether oxygens (including phenoxy) is 1. The van der Waals surface area contributed by atoms with E-state index in [9.17, 15) is 21.6 Å². The van der Waals surface area contributed by atoms with E-state index in [0.29, 0.717) is 24.7 Å². The molecule has 1 fully saturated rings. The molecule has 3 aromatic rings. The number of benzene rings is 2. The van der Waals surface area contributed by atoms with Crippen molar-refractivity contribution in [1.29, 1.82) is 0 Å². The van der Waals surface area contributed by atoms with E-state index in [2.05, 4.69) is 10.0 Å². The lowest BCUT2D eigenvalue weighted by Gasteiger charge is -2.26. The molecule has 10 nitrogen and oxygen atoms in total. The van der Waals surface area contributed by atoms with Gasteiger partial charge in [0.2, 0.25) is 20.0 Å². The van der Waals surface area contributed by atoms with Crippen molar-refractivity contribution in [3.63, 3.8) is 0 Å². The van der Waals surface area contributed by atoms with Crippen molar-refractivity contribution < 1.29 is 30.8 Å². The largest absolute Gasteiger partial charge is 0.468 e. The van der Waals surface area contributed by atoms with Crippen molar-refractivity contribution in [1.82, 2.24) is 9.03 Å². The third-order valence-electron chi connectivity index (χ3n) is 5.14. The Kier molecular flexibility index (Phi) is 7.14. The quantitative estimate of drug-likeness (QED) is 0.478. The van der Waals surface area contributed by atoms with Crippen LogP contribution < -0.4 is 10.0 Å². The molecule has 12 heteroatoms. The molecule has 0 spiro atoms. The van der Waals surface area contributed by atoms with Gasteiger partial charge in [-0.15, -0.1) is 0 Å². The highest BCUT2D eigenvalue weighted by Gasteiger charge is 2.26. The van der Waals surface area contributed by atoms with Crippen LogP contribution in [0.2, 0.25) is 0 Å². The predicted octanol–water partition coefficient (Wildman–Crippen LogP) is 2.03. The van der Waals surface area contributed by atoms with Gasteiger partial charge in [-0.25, -0.2) is 21.6 Å². The minimum Gasteiger partial charge on any atom is -0.468 e. The Morgan fingerprint density at radius 1 is 0.912 bits per heavy atom. The van der Waals surface area contributed by atoms with E-state index in [1.54, 1.807) is 24.3 Å². The van der Waals surface area contributed by atoms with Crippen LogP contribution >= 0.6 is 0 Å². The first-order valence-electron chi connectivity index (χ1n) is 10.4. The maximum Gasteiger partial charge on any atom is 0.255 e. The minimum atomic E-state index is -3.79. The minimum absolute atomic E-state index is 0.00126. The fraction of sp³-hybridized carbons (Fsp3) is 0.227. The number of nitrogens with one attached hydrogen (secondary N) is 2. The summed E-state index contributed by atoms with van der Waals surface area (Å²) >= 11 is 0. The average Bonchev–Trinajstić information content (AvgIpc) is 3.37. The summed E-state index contributed by atoms with van der Waals surface area (Å²) in [4.78, 5) is 12.7. The van der Waals surface area contributed by atoms with Crippen LogP contribution in [0.1, 0.15) is 16.1 Å². The third kappa shape index (κ3) is 5.54. The van der Waals surface area contributed by atoms with Crippen molar-refractivity contribution in [2.24, 2.45) is 0 Å². The number of morpholine rings is 1. The zero-order chi connectivity index (χ0) is 24.2. The van der Waals surface area contributed by atoms with Crippen LogP contribution in [-0.2, 0) is 31.3 Å². The van der Waals surface area contributed by atoms with E-state index in [1.165, 1.54) is 47.0 Å². The fourth-order valence-corrected chi connectivity index (χ4v) is 5.77. The highest BCUT2D eigenvalue weighted by Crippen LogP contribution is 2.21. The highest BCUT2D eigenvalue weighted by atomic mass is 32.2. The first kappa shape index (κ1) is 24.1. The SMILES string of the molecule is O=C(Nc1cccc(S(=O)(=O)N2CCOCC2)c1)c1ccc(S(=O)(=O)NCc2ccco2)cc1. The Bertz CT molecular complexity index is 1350. The van der Waals surface area contributed by atoms with Crippen molar-refractivity contribution in [2.75, 3.05) is 31.6 Å². The van der Waals surface area contributed by atoms with E-state index < -0.39 is 26.0 Å². The van der Waals surface area contributed by atoms with Crippen LogP contribution in [0.3, 0.4) is 0 Å². The number of hydrogen-bond donors (Lipinski definition) is 2. The predicted molar refractivity (Wildman–Crippen MR) is 123 cm³/mol. The fourth-order valence-electron chi connectivity index (χ4n) is 3.32. The number of nitrogens with zero attached hydrogens (tertiary/aromatic N) is 1. The van der Waals surface area contributed by atoms with Crippen molar-refractivity contribution in [3.8, 4) is 0 Å². The van der Waals surface area contributed by atoms with E-state index >= 15 is 0 Å². The van der Waals surface area contributed by atoms with Gasteiger partial charge in [-0.05, 0) is 54.6 Å². The second kappa shape index (κ2) is 10.1. The molecule has 0 atom stereocenters. The summed E-state index contributed by atoms with van der Waals surface area (Å²) in [7, 11) is -7.50. The standard InChI is InChI=1S/C22H23N3O7S2/c26-22(17-6-8-20(9-7-17)33(27,28)23-16-19-4-2-12-32-19)24-18-3-1-5-21(15-18)34(29,30)25-10-13-31-14-11-25/h1-9,12,15,23H,10-11,13-14,16H2,(H,24,26). The van der Waals surface area contributed by atoms with Gasteiger partial charge in [0.05, 0.1) is 35.8 Å². The summed E-state index contributed by atoms with van der Waals surface area (Å²) in [5.74, 6) is -0.0362. The lowest BCUT2D eigenvalue weighted by Crippen LogP contribution is -2.40. The molecule has 1 saturated heterocycles. The lowest BCUT2D eigenvalue weighted by molar-refractivity contribution is 0.0730. The Morgan fingerprint density at radius 2 is 1.65 bits per heavy atom. The van der Waals surface area contributed by atoms with Crippen LogP contribution in [0.5, 0.6) is 0 Å². The molecule has 0 unspecified atom stereocenters. The first-order chi connectivity index (χ1) is 16.3. The van der Waals surface area contributed by atoms with Crippen LogP contribution in [0.25, 0.3) is 0 Å². The number of rotatable bonds is 8. The van der Waals surface area contributed by atoms with Gasteiger partial charge in [0.25, 0.3) is 5.91 Å². The molecule has 1 aliphatic rings. The van der Waals surface area contributed by atoms with Crippen LogP contribution in [0.4, 0.5) is 5.69 Å². The molecule has 0 aliphatic carbocycles. The molecule has 0 saturated carbocycles. The molecule has 2 heterocycles. The van der Waals surface area contributed by atoms with E-state index in [-0.39, 0.29) is 35.0 Å². The third-order valence-corrected chi connectivity index (χ3v) is 8.45. The molecular weight excluding hydrogens is 482 g/mol. The van der Waals surface area contributed by atoms with Crippen LogP contribution in [-0.4, -0.2) is 53.4 Å². The number of anilines is 1. The zero-order valence-corrected chi connectivity index (χ0v) is 19.6. The summed E-state index contributed by atoms with van der Waals surface area (Å²) in [6.07, 6.45) is 1.45. The van der Waals surface area contributed by atoms with Crippen LogP contribution in [0, 0.1) is 0 Å². The molecule has 0 bridgehead atoms. The second-order valence-electron chi connectivity index (χ2n) is 7.43. The molecule has 1 amide bonds. The molecular formula is C22H23N3O7S2. The molecule has 2 N–H and O–H groups in total. The summed E-state index contributed by atoms with van der Waals surface area (Å²) in [6.45, 7) is 1.20. The summed E-state index contributed by atoms with van der Waals surface area (Å²) in [5, 5.41) is 2.65. The van der Waals surface area contributed by atoms with Gasteiger partial charge in [-0.2, -0.15) is 4.31 Å². The molecule has 1 aromatic heterocycles. The van der Waals surface area contributed by atoms with Gasteiger partial charge in [0.15, 0.2) is 0 Å². The number of hydrogen-bond acceptors (Lipinski definition) is 7. The number of carbonyl (C=O) groups is 1. The number of furan rings is 1. The first-order valence-corrected chi connectivity index (χ1v) is 13.3. The summed E-state index contributed by atoms with van der Waals surface area (Å²) in [5.41, 5.74) is 0.516. The van der Waals surface area contributed by atoms with E-state index in [0.717, 1.165) is 0 Å². The smallest absolute Gasteiger partial charge is 0.255 e. The summed E-state index contributed by atoms with van der Waals surface area (Å²) in [6, 6.07) is 14.7. The molecule has 180 valence electrons. The molecule has 34 heavy (non-hydrogen) atoms. The highest BCUT2D eigenvalue weighted by molar-refractivity contribution is 7.89. The van der Waals surface area contributed by atoms with Gasteiger partial charge in [0.1, 0.15) is 5.76 Å². The molecule has 1 aliphatic heterocycles. The van der Waals surface area contributed by atoms with Gasteiger partial charge < -0.3 is 14.5 Å². The van der Waals surface area contributed by atoms with Crippen LogP contribution in [0.15, 0.2) is 81.1 Å². The monoisotopic (exact) mass is 505 g/mol. The van der Waals surface area contributed by atoms with Gasteiger partial charge in [0, 0.05) is 24.3 Å². The Morgan fingerprint density at radius 3 is 2.32 bits per heavy atom. The average molecular weight is 506 g/mol. The summed E-state index contributed by atoms with van der Waals surface area (Å²) < 4.78 is 64.7. The van der Waals surface area contributed by atoms with Gasteiger partial charge >= 0.3 is 0 Å². The van der Waals surface area contributed by atoms with E-state index in [4.69, 9.17) is 9.15 Å². The number of amides is 1. The number of sulfonamides is 2. The molecule has 4 rings (SSSR count). The Labute approximate surface area is 197 Å². The molecule has 0 radical (unpaired) electrons. The Hall–Kier alpha value is -3.03. The lowest BCUT2D eigenvalue weighted by atomic mass is 10.2. The topological polar surface area (TPSA) is 135 Å². The second-order valence-corrected chi connectivity index (χ2v) is 11.1. The molecule has 2 aromatic carbocycles. The van der Waals surface area contributed by atoms with Crippen molar-refractivity contribution >= 4 is 31.6 Å². The number of carbonyl (C=O) groups excluding carboxylic acids is 1.